The molecule has 2 amide bonds. The van der Waals surface area contributed by atoms with Gasteiger partial charge in [-0.1, -0.05) is 23.7 Å². The number of halogens is 1. The van der Waals surface area contributed by atoms with Crippen molar-refractivity contribution in [3.8, 4) is 17.0 Å². The van der Waals surface area contributed by atoms with E-state index in [9.17, 15) is 9.59 Å². The molecule has 30 heavy (non-hydrogen) atoms. The number of carbonyl (C=O) groups is 2. The maximum atomic E-state index is 12.8. The first-order valence-corrected chi connectivity index (χ1v) is 10.6. The molecule has 4 rings (SSSR count). The van der Waals surface area contributed by atoms with E-state index in [1.165, 1.54) is 11.3 Å². The molecule has 2 heterocycles. The molecule has 0 aliphatic carbocycles. The molecule has 0 radical (unpaired) electrons. The summed E-state index contributed by atoms with van der Waals surface area (Å²) in [6.07, 6.45) is 0.173. The van der Waals surface area contributed by atoms with Crippen LogP contribution in [0, 0.1) is 12.8 Å². The van der Waals surface area contributed by atoms with Gasteiger partial charge in [-0.2, -0.15) is 0 Å². The number of benzene rings is 2. The molecule has 1 aromatic heterocycles. The van der Waals surface area contributed by atoms with Crippen molar-refractivity contribution in [3.05, 3.63) is 58.4 Å². The van der Waals surface area contributed by atoms with Crippen molar-refractivity contribution in [2.24, 2.45) is 5.92 Å². The highest BCUT2D eigenvalue weighted by Gasteiger charge is 2.35. The lowest BCUT2D eigenvalue weighted by molar-refractivity contribution is -0.122. The minimum Gasteiger partial charge on any atom is -0.497 e. The molecule has 2 aromatic carbocycles. The summed E-state index contributed by atoms with van der Waals surface area (Å²) < 4.78 is 5.15. The molecule has 1 N–H and O–H groups in total. The molecule has 154 valence electrons. The van der Waals surface area contributed by atoms with E-state index in [1.807, 2.05) is 43.3 Å². The maximum absolute atomic E-state index is 12.8. The molecule has 0 spiro atoms. The number of nitrogens with one attached hydrogen (secondary N) is 1. The van der Waals surface area contributed by atoms with E-state index < -0.39 is 5.92 Å². The zero-order valence-electron chi connectivity index (χ0n) is 16.5. The molecule has 1 saturated heterocycles. The Labute approximate surface area is 183 Å². The Bertz CT molecular complexity index is 1080. The standard InChI is InChI=1S/C22H20ClN3O3S/c1-13-20(14-3-5-16(23)6-4-14)24-22(30-13)25-21(28)15-11-19(27)26(12-15)17-7-9-18(29-2)10-8-17/h3-10,15H,11-12H2,1-2H3,(H,24,25,28). The summed E-state index contributed by atoms with van der Waals surface area (Å²) in [5.74, 6) is 0.0198. The average Bonchev–Trinajstić information content (AvgIpc) is 3.31. The maximum Gasteiger partial charge on any atom is 0.231 e. The van der Waals surface area contributed by atoms with Gasteiger partial charge in [0, 0.05) is 34.1 Å². The number of aromatic nitrogens is 1. The van der Waals surface area contributed by atoms with Crippen LogP contribution in [0.5, 0.6) is 5.75 Å². The minimum absolute atomic E-state index is 0.0718. The fourth-order valence-electron chi connectivity index (χ4n) is 3.43. The van der Waals surface area contributed by atoms with Gasteiger partial charge in [0.25, 0.3) is 0 Å². The number of rotatable bonds is 5. The summed E-state index contributed by atoms with van der Waals surface area (Å²) in [6, 6.07) is 14.7. The molecule has 1 atom stereocenters. The Morgan fingerprint density at radius 3 is 2.57 bits per heavy atom. The number of nitrogens with zero attached hydrogens (tertiary/aromatic N) is 2. The van der Waals surface area contributed by atoms with Crippen LogP contribution in [-0.2, 0) is 9.59 Å². The zero-order valence-corrected chi connectivity index (χ0v) is 18.1. The number of hydrogen-bond donors (Lipinski definition) is 1. The molecule has 0 bridgehead atoms. The van der Waals surface area contributed by atoms with Crippen LogP contribution in [0.2, 0.25) is 5.02 Å². The molecule has 3 aromatic rings. The van der Waals surface area contributed by atoms with E-state index >= 15 is 0 Å². The number of amides is 2. The molecule has 0 saturated carbocycles. The topological polar surface area (TPSA) is 71.5 Å². The van der Waals surface area contributed by atoms with E-state index in [-0.39, 0.29) is 18.2 Å². The van der Waals surface area contributed by atoms with Gasteiger partial charge in [0.2, 0.25) is 11.8 Å². The van der Waals surface area contributed by atoms with Gasteiger partial charge >= 0.3 is 0 Å². The number of anilines is 2. The third-order valence-corrected chi connectivity index (χ3v) is 6.16. The number of methoxy groups -OCH3 is 1. The average molecular weight is 442 g/mol. The van der Waals surface area contributed by atoms with Crippen molar-refractivity contribution >= 4 is 45.6 Å². The van der Waals surface area contributed by atoms with Gasteiger partial charge < -0.3 is 15.0 Å². The lowest BCUT2D eigenvalue weighted by Gasteiger charge is -2.16. The van der Waals surface area contributed by atoms with E-state index in [1.54, 1.807) is 24.1 Å². The Morgan fingerprint density at radius 1 is 1.20 bits per heavy atom. The van der Waals surface area contributed by atoms with Crippen LogP contribution < -0.4 is 15.0 Å². The zero-order chi connectivity index (χ0) is 21.3. The van der Waals surface area contributed by atoms with Gasteiger partial charge in [0.15, 0.2) is 5.13 Å². The van der Waals surface area contributed by atoms with Crippen LogP contribution >= 0.6 is 22.9 Å². The minimum atomic E-state index is -0.428. The smallest absolute Gasteiger partial charge is 0.231 e. The monoisotopic (exact) mass is 441 g/mol. The van der Waals surface area contributed by atoms with Crippen LogP contribution in [0.25, 0.3) is 11.3 Å². The number of thiazole rings is 1. The summed E-state index contributed by atoms with van der Waals surface area (Å²) in [5, 5.41) is 4.07. The van der Waals surface area contributed by atoms with Crippen molar-refractivity contribution in [2.75, 3.05) is 23.9 Å². The second kappa shape index (κ2) is 8.45. The molecule has 1 fully saturated rings. The van der Waals surface area contributed by atoms with E-state index in [0.29, 0.717) is 16.7 Å². The van der Waals surface area contributed by atoms with Crippen LogP contribution in [-0.4, -0.2) is 30.5 Å². The largest absolute Gasteiger partial charge is 0.497 e. The second-order valence-electron chi connectivity index (χ2n) is 7.02. The van der Waals surface area contributed by atoms with Crippen molar-refractivity contribution in [1.82, 2.24) is 4.98 Å². The van der Waals surface area contributed by atoms with Crippen LogP contribution in [0.15, 0.2) is 48.5 Å². The van der Waals surface area contributed by atoms with E-state index in [2.05, 4.69) is 10.3 Å². The van der Waals surface area contributed by atoms with Gasteiger partial charge in [0.05, 0.1) is 18.7 Å². The van der Waals surface area contributed by atoms with Crippen molar-refractivity contribution in [2.45, 2.75) is 13.3 Å². The summed E-state index contributed by atoms with van der Waals surface area (Å²) in [7, 11) is 1.59. The normalized spacial score (nSPS) is 16.0. The van der Waals surface area contributed by atoms with Gasteiger partial charge in [-0.25, -0.2) is 4.98 Å². The Hall–Kier alpha value is -2.90. The lowest BCUT2D eigenvalue weighted by Crippen LogP contribution is -2.28. The fraction of sp³-hybridized carbons (Fsp3) is 0.227. The van der Waals surface area contributed by atoms with Crippen molar-refractivity contribution in [1.29, 1.82) is 0 Å². The quantitative estimate of drug-likeness (QED) is 0.619. The highest BCUT2D eigenvalue weighted by Crippen LogP contribution is 2.32. The van der Waals surface area contributed by atoms with Gasteiger partial charge in [-0.15, -0.1) is 11.3 Å². The molecule has 1 aliphatic heterocycles. The van der Waals surface area contributed by atoms with E-state index in [0.717, 1.165) is 27.6 Å². The number of carbonyl (C=O) groups excluding carboxylic acids is 2. The van der Waals surface area contributed by atoms with Gasteiger partial charge in [-0.05, 0) is 43.3 Å². The van der Waals surface area contributed by atoms with Crippen LogP contribution in [0.4, 0.5) is 10.8 Å². The van der Waals surface area contributed by atoms with Crippen LogP contribution in [0.1, 0.15) is 11.3 Å². The summed E-state index contributed by atoms with van der Waals surface area (Å²) in [4.78, 5) is 32.4. The first-order chi connectivity index (χ1) is 14.4. The third kappa shape index (κ3) is 4.17. The number of hydrogen-bond acceptors (Lipinski definition) is 5. The molecule has 6 nitrogen and oxygen atoms in total. The summed E-state index contributed by atoms with van der Waals surface area (Å²) in [5.41, 5.74) is 2.51. The molecule has 1 aliphatic rings. The van der Waals surface area contributed by atoms with Gasteiger partial charge in [0.1, 0.15) is 5.75 Å². The number of aryl methyl sites for hydroxylation is 1. The van der Waals surface area contributed by atoms with Crippen LogP contribution in [0.3, 0.4) is 0 Å². The Morgan fingerprint density at radius 2 is 1.90 bits per heavy atom. The highest BCUT2D eigenvalue weighted by atomic mass is 35.5. The Kier molecular flexibility index (Phi) is 5.74. The molecular formula is C22H20ClN3O3S. The SMILES string of the molecule is COc1ccc(N2CC(C(=O)Nc3nc(-c4ccc(Cl)cc4)c(C)s3)CC2=O)cc1. The third-order valence-electron chi connectivity index (χ3n) is 5.02. The first kappa shape index (κ1) is 20.4. The van der Waals surface area contributed by atoms with Gasteiger partial charge in [-0.3, -0.25) is 9.59 Å². The highest BCUT2D eigenvalue weighted by molar-refractivity contribution is 7.16. The van der Waals surface area contributed by atoms with Crippen molar-refractivity contribution < 1.29 is 14.3 Å². The predicted molar refractivity (Wildman–Crippen MR) is 119 cm³/mol. The summed E-state index contributed by atoms with van der Waals surface area (Å²) >= 11 is 7.37. The number of ether oxygens (including phenoxy) is 1. The fourth-order valence-corrected chi connectivity index (χ4v) is 4.39. The lowest BCUT2D eigenvalue weighted by atomic mass is 10.1. The molecule has 8 heteroatoms. The van der Waals surface area contributed by atoms with Crippen molar-refractivity contribution in [3.63, 3.8) is 0 Å². The Balaban J connectivity index is 1.45. The second-order valence-corrected chi connectivity index (χ2v) is 8.66. The van der Waals surface area contributed by atoms with E-state index in [4.69, 9.17) is 16.3 Å². The molecule has 1 unspecified atom stereocenters. The predicted octanol–water partition coefficient (Wildman–Crippen LogP) is 4.77. The summed E-state index contributed by atoms with van der Waals surface area (Å²) in [6.45, 7) is 2.30. The molecular weight excluding hydrogens is 422 g/mol. The first-order valence-electron chi connectivity index (χ1n) is 9.43.